The zero-order chi connectivity index (χ0) is 10.1. The molecular weight excluding hydrogens is 170 g/mol. The summed E-state index contributed by atoms with van der Waals surface area (Å²) >= 11 is 0. The van der Waals surface area contributed by atoms with E-state index in [4.69, 9.17) is 0 Å². The van der Waals surface area contributed by atoms with Gasteiger partial charge in [0, 0.05) is 12.6 Å². The summed E-state index contributed by atoms with van der Waals surface area (Å²) in [6.45, 7) is 7.91. The average Bonchev–Trinajstić information content (AvgIpc) is 2.18. The summed E-state index contributed by atoms with van der Waals surface area (Å²) in [5.41, 5.74) is 4.55. The van der Waals surface area contributed by atoms with Crippen LogP contribution < -0.4 is 5.32 Å². The van der Waals surface area contributed by atoms with Crippen LogP contribution in [0.5, 0.6) is 0 Å². The molecule has 0 radical (unpaired) electrons. The van der Waals surface area contributed by atoms with Gasteiger partial charge in [-0.15, -0.1) is 0 Å². The van der Waals surface area contributed by atoms with Crippen molar-refractivity contribution in [1.82, 2.24) is 5.32 Å². The summed E-state index contributed by atoms with van der Waals surface area (Å²) in [7, 11) is 0. The molecule has 2 atom stereocenters. The normalized spacial score (nSPS) is 25.9. The Morgan fingerprint density at radius 2 is 2.21 bits per heavy atom. The van der Waals surface area contributed by atoms with Crippen molar-refractivity contribution in [2.45, 2.75) is 39.2 Å². The molecule has 1 aromatic rings. The van der Waals surface area contributed by atoms with Gasteiger partial charge in [-0.2, -0.15) is 0 Å². The van der Waals surface area contributed by atoms with Crippen molar-refractivity contribution >= 4 is 0 Å². The van der Waals surface area contributed by atoms with E-state index in [1.165, 1.54) is 17.5 Å². The van der Waals surface area contributed by atoms with Crippen LogP contribution in [0.3, 0.4) is 0 Å². The molecule has 1 aliphatic rings. The van der Waals surface area contributed by atoms with E-state index < -0.39 is 0 Å². The first-order valence-corrected chi connectivity index (χ1v) is 5.56. The molecule has 1 heterocycles. The van der Waals surface area contributed by atoms with Crippen LogP contribution in [0.25, 0.3) is 0 Å². The van der Waals surface area contributed by atoms with E-state index in [-0.39, 0.29) is 0 Å². The summed E-state index contributed by atoms with van der Waals surface area (Å²) < 4.78 is 0. The molecule has 2 rings (SSSR count). The Morgan fingerprint density at radius 1 is 1.43 bits per heavy atom. The second-order valence-electron chi connectivity index (χ2n) is 4.35. The van der Waals surface area contributed by atoms with Gasteiger partial charge in [-0.25, -0.2) is 0 Å². The third kappa shape index (κ3) is 1.46. The molecule has 1 aliphatic heterocycles. The van der Waals surface area contributed by atoms with E-state index in [1.54, 1.807) is 5.56 Å². The smallest absolute Gasteiger partial charge is 0.0320 e. The maximum atomic E-state index is 3.60. The van der Waals surface area contributed by atoms with E-state index in [0.717, 1.165) is 6.54 Å². The first kappa shape index (κ1) is 9.72. The number of nitrogens with one attached hydrogen (secondary N) is 1. The fraction of sp³-hybridized carbons (Fsp3) is 0.538. The lowest BCUT2D eigenvalue weighted by molar-refractivity contribution is 0.456. The summed E-state index contributed by atoms with van der Waals surface area (Å²) in [6.07, 6.45) is 1.18. The van der Waals surface area contributed by atoms with Crippen molar-refractivity contribution in [2.24, 2.45) is 0 Å². The van der Waals surface area contributed by atoms with Crippen molar-refractivity contribution in [3.63, 3.8) is 0 Å². The standard InChI is InChI=1S/C13H19N/c1-4-12-11-7-5-6-9(2)13(11)10(3)8-14-12/h5-7,10,12,14H,4,8H2,1-3H3. The summed E-state index contributed by atoms with van der Waals surface area (Å²) in [6, 6.07) is 7.25. The molecule has 2 unspecified atom stereocenters. The van der Waals surface area contributed by atoms with Gasteiger partial charge in [0.15, 0.2) is 0 Å². The van der Waals surface area contributed by atoms with Crippen LogP contribution in [-0.2, 0) is 0 Å². The fourth-order valence-electron chi connectivity index (χ4n) is 2.58. The van der Waals surface area contributed by atoms with E-state index in [0.29, 0.717) is 12.0 Å². The molecule has 0 bridgehead atoms. The van der Waals surface area contributed by atoms with Gasteiger partial charge in [-0.05, 0) is 36.0 Å². The first-order valence-electron chi connectivity index (χ1n) is 5.56. The molecule has 1 heteroatoms. The highest BCUT2D eigenvalue weighted by molar-refractivity contribution is 5.40. The Kier molecular flexibility index (Phi) is 2.60. The Balaban J connectivity index is 2.50. The van der Waals surface area contributed by atoms with Gasteiger partial charge in [-0.3, -0.25) is 0 Å². The van der Waals surface area contributed by atoms with Gasteiger partial charge in [0.25, 0.3) is 0 Å². The summed E-state index contributed by atoms with van der Waals surface area (Å²) in [4.78, 5) is 0. The second-order valence-corrected chi connectivity index (χ2v) is 4.35. The molecule has 0 saturated heterocycles. The number of fused-ring (bicyclic) bond motifs is 1. The molecule has 0 aliphatic carbocycles. The maximum Gasteiger partial charge on any atom is 0.0320 e. The second kappa shape index (κ2) is 3.74. The molecule has 14 heavy (non-hydrogen) atoms. The third-order valence-corrected chi connectivity index (χ3v) is 3.30. The highest BCUT2D eigenvalue weighted by atomic mass is 14.9. The topological polar surface area (TPSA) is 12.0 Å². The Labute approximate surface area is 86.5 Å². The molecule has 0 fully saturated rings. The lowest BCUT2D eigenvalue weighted by atomic mass is 9.84. The van der Waals surface area contributed by atoms with Crippen molar-refractivity contribution in [3.8, 4) is 0 Å². The quantitative estimate of drug-likeness (QED) is 0.715. The van der Waals surface area contributed by atoms with Gasteiger partial charge in [0.2, 0.25) is 0 Å². The van der Waals surface area contributed by atoms with Crippen LogP contribution in [0.4, 0.5) is 0 Å². The van der Waals surface area contributed by atoms with Gasteiger partial charge in [0.1, 0.15) is 0 Å². The van der Waals surface area contributed by atoms with Crippen molar-refractivity contribution in [3.05, 3.63) is 34.9 Å². The monoisotopic (exact) mass is 189 g/mol. The predicted octanol–water partition coefficient (Wildman–Crippen LogP) is 3.15. The lowest BCUT2D eigenvalue weighted by Crippen LogP contribution is -2.32. The van der Waals surface area contributed by atoms with Gasteiger partial charge in [0.05, 0.1) is 0 Å². The number of aryl methyl sites for hydroxylation is 1. The van der Waals surface area contributed by atoms with Crippen LogP contribution in [0.2, 0.25) is 0 Å². The van der Waals surface area contributed by atoms with Crippen molar-refractivity contribution in [2.75, 3.05) is 6.54 Å². The number of hydrogen-bond donors (Lipinski definition) is 1. The lowest BCUT2D eigenvalue weighted by Gasteiger charge is -2.31. The van der Waals surface area contributed by atoms with Gasteiger partial charge in [-0.1, -0.05) is 32.0 Å². The van der Waals surface area contributed by atoms with Crippen molar-refractivity contribution < 1.29 is 0 Å². The molecule has 0 saturated carbocycles. The first-order chi connectivity index (χ1) is 6.74. The highest BCUT2D eigenvalue weighted by Gasteiger charge is 2.23. The molecule has 0 amide bonds. The number of benzene rings is 1. The third-order valence-electron chi connectivity index (χ3n) is 3.30. The Bertz CT molecular complexity index is 330. The molecule has 1 N–H and O–H groups in total. The highest BCUT2D eigenvalue weighted by Crippen LogP contribution is 2.33. The molecule has 1 nitrogen and oxygen atoms in total. The minimum absolute atomic E-state index is 0.570. The van der Waals surface area contributed by atoms with Crippen LogP contribution in [0, 0.1) is 6.92 Å². The molecule has 0 aromatic heterocycles. The average molecular weight is 189 g/mol. The Morgan fingerprint density at radius 3 is 2.93 bits per heavy atom. The maximum absolute atomic E-state index is 3.60. The molecule has 76 valence electrons. The van der Waals surface area contributed by atoms with E-state index in [9.17, 15) is 0 Å². The minimum atomic E-state index is 0.570. The van der Waals surface area contributed by atoms with Gasteiger partial charge < -0.3 is 5.32 Å². The summed E-state index contributed by atoms with van der Waals surface area (Å²) in [5.74, 6) is 0.661. The number of hydrogen-bond acceptors (Lipinski definition) is 1. The van der Waals surface area contributed by atoms with Crippen molar-refractivity contribution in [1.29, 1.82) is 0 Å². The minimum Gasteiger partial charge on any atom is -0.309 e. The van der Waals surface area contributed by atoms with E-state index in [2.05, 4.69) is 44.3 Å². The van der Waals surface area contributed by atoms with Crippen LogP contribution in [0.1, 0.15) is 48.9 Å². The molecular formula is C13H19N. The van der Waals surface area contributed by atoms with Crippen LogP contribution >= 0.6 is 0 Å². The Hall–Kier alpha value is -0.820. The largest absolute Gasteiger partial charge is 0.309 e. The van der Waals surface area contributed by atoms with Crippen LogP contribution in [-0.4, -0.2) is 6.54 Å². The molecule has 0 spiro atoms. The predicted molar refractivity (Wildman–Crippen MR) is 60.6 cm³/mol. The van der Waals surface area contributed by atoms with E-state index in [1.807, 2.05) is 0 Å². The zero-order valence-corrected chi connectivity index (χ0v) is 9.30. The summed E-state index contributed by atoms with van der Waals surface area (Å²) in [5, 5.41) is 3.60. The van der Waals surface area contributed by atoms with Gasteiger partial charge >= 0.3 is 0 Å². The fourth-order valence-corrected chi connectivity index (χ4v) is 2.58. The SMILES string of the molecule is CCC1NCC(C)c2c(C)cccc21. The number of rotatable bonds is 1. The zero-order valence-electron chi connectivity index (χ0n) is 9.30. The molecule has 1 aromatic carbocycles. The van der Waals surface area contributed by atoms with E-state index >= 15 is 0 Å². The van der Waals surface area contributed by atoms with Crippen LogP contribution in [0.15, 0.2) is 18.2 Å².